The molecule has 2 aliphatic rings. The van der Waals surface area contributed by atoms with Crippen LogP contribution in [0.25, 0.3) is 83.5 Å². The lowest BCUT2D eigenvalue weighted by Gasteiger charge is -2.32. The molecule has 2 fully saturated rings. The van der Waals surface area contributed by atoms with Gasteiger partial charge in [0.15, 0.2) is 16.5 Å². The van der Waals surface area contributed by atoms with Crippen LogP contribution in [0.4, 0.5) is 5.82 Å². The predicted octanol–water partition coefficient (Wildman–Crippen LogP) is 14.5. The number of rotatable bonds is 18. The molecule has 6 aromatic heterocycles. The number of aromatic nitrogens is 12. The minimum absolute atomic E-state index is 0. The molecule has 1 amide bonds. The zero-order chi connectivity index (χ0) is 71.1. The largest absolute Gasteiger partial charge is 0.356 e. The second-order valence-electron chi connectivity index (χ2n) is 26.8. The minimum Gasteiger partial charge on any atom is -0.356 e. The first-order chi connectivity index (χ1) is 48.9. The normalized spacial score (nSPS) is 13.3. The van der Waals surface area contributed by atoms with Crippen molar-refractivity contribution in [1.29, 1.82) is 0 Å². The van der Waals surface area contributed by atoms with E-state index in [4.69, 9.17) is 21.8 Å². The van der Waals surface area contributed by atoms with E-state index >= 15 is 0 Å². The third-order valence-corrected chi connectivity index (χ3v) is 18.8. The highest BCUT2D eigenvalue weighted by Gasteiger charge is 2.30. The molecule has 21 heteroatoms. The van der Waals surface area contributed by atoms with E-state index < -0.39 is 0 Å². The van der Waals surface area contributed by atoms with Gasteiger partial charge in [-0.05, 0) is 177 Å². The molecule has 20 nitrogen and oxygen atoms in total. The lowest BCUT2D eigenvalue weighted by molar-refractivity contribution is -0.125. The van der Waals surface area contributed by atoms with Crippen molar-refractivity contribution in [2.24, 2.45) is 11.8 Å². The highest BCUT2D eigenvalue weighted by molar-refractivity contribution is 6.34. The maximum Gasteiger partial charge on any atom is 0.292 e. The van der Waals surface area contributed by atoms with Gasteiger partial charge in [0.05, 0.1) is 67.4 Å². The standard InChI is InChI=1S/C30H37N7O.C19H15ClN4.C19H16N4O.C12H24N2O.CH4/c1-21-11-13-25(14-12-21)37-28(23-9-6-5-7-10-23)26-22(2)32-33-29(27(26)34-37)36-19-15-24(16-20-36)30(38)31-17-8-18-35(3)4;1-12-8-10-15(11-9-12)24-18(14-6-4-3-5-7-14)16-13(2)21-22-19(20)17(16)23-24;1-12-8-10-15(11-9-12)23-18(14-6-4-3-5-7-14)16-13(2)20-21-19(24)17(16)22-23;1-14(2)10-4-3-5-12(15)11-6-8-13-9-7-11;/h5-7,9-14,24H,8,15-20H2,1-4H3,(H,31,38);3-11H,1-2H3;3-11H,1-2H3,(H,21,24);11,13H,3-10H2,1-2H3;1H4. The molecule has 0 spiro atoms. The van der Waals surface area contributed by atoms with Crippen LogP contribution < -0.4 is 21.1 Å². The number of unbranched alkanes of at least 4 members (excludes halogenated alkanes) is 1. The van der Waals surface area contributed by atoms with Crippen LogP contribution in [0.1, 0.15) is 92.6 Å². The fraction of sp³-hybridized carbons (Fsp3) is 0.346. The third kappa shape index (κ3) is 18.0. The van der Waals surface area contributed by atoms with Crippen LogP contribution in [0.3, 0.4) is 0 Å². The van der Waals surface area contributed by atoms with E-state index in [1.165, 1.54) is 16.7 Å². The van der Waals surface area contributed by atoms with Crippen LogP contribution >= 0.6 is 11.6 Å². The number of amides is 1. The number of hydrogen-bond donors (Lipinski definition) is 3. The Morgan fingerprint density at radius 3 is 1.39 bits per heavy atom. The maximum absolute atomic E-state index is 12.7. The summed E-state index contributed by atoms with van der Waals surface area (Å²) >= 11 is 6.27. The first-order valence-electron chi connectivity index (χ1n) is 35.0. The van der Waals surface area contributed by atoms with Crippen molar-refractivity contribution >= 4 is 61.8 Å². The molecule has 2 aliphatic heterocycles. The van der Waals surface area contributed by atoms with Gasteiger partial charge in [-0.2, -0.15) is 30.6 Å². The summed E-state index contributed by atoms with van der Waals surface area (Å²) in [7, 11) is 8.26. The number of anilines is 1. The van der Waals surface area contributed by atoms with Crippen molar-refractivity contribution in [2.45, 2.75) is 100 Å². The predicted molar refractivity (Wildman–Crippen MR) is 413 cm³/mol. The Bertz CT molecular complexity index is 4790. The lowest BCUT2D eigenvalue weighted by Crippen LogP contribution is -2.41. The number of halogens is 1. The Labute approximate surface area is 603 Å². The molecule has 14 rings (SSSR count). The van der Waals surface area contributed by atoms with Crippen molar-refractivity contribution < 1.29 is 9.59 Å². The van der Waals surface area contributed by atoms with E-state index in [-0.39, 0.29) is 24.8 Å². The molecule has 2 saturated heterocycles. The van der Waals surface area contributed by atoms with Crippen LogP contribution in [0.5, 0.6) is 0 Å². The maximum atomic E-state index is 12.7. The number of carbonyl (C=O) groups excluding carboxylic acids is 2. The number of benzene rings is 6. The van der Waals surface area contributed by atoms with E-state index in [9.17, 15) is 14.4 Å². The Morgan fingerprint density at radius 2 is 0.922 bits per heavy atom. The molecule has 6 aromatic carbocycles. The molecular weight excluding hydrogens is 1290 g/mol. The molecule has 530 valence electrons. The number of ketones is 1. The molecule has 0 saturated carbocycles. The summed E-state index contributed by atoms with van der Waals surface area (Å²) in [6, 6.07) is 55.2. The van der Waals surface area contributed by atoms with Crippen LogP contribution in [-0.2, 0) is 9.59 Å². The van der Waals surface area contributed by atoms with Crippen molar-refractivity contribution in [2.75, 3.05) is 78.9 Å². The number of hydrogen-bond acceptors (Lipinski definition) is 15. The summed E-state index contributed by atoms with van der Waals surface area (Å²) in [6.45, 7) is 18.3. The van der Waals surface area contributed by atoms with Crippen LogP contribution in [0.2, 0.25) is 5.15 Å². The number of Topliss-reactive ketones (excluding diaryl/α,β-unsaturated/α-hetero) is 1. The van der Waals surface area contributed by atoms with Gasteiger partial charge in [0.25, 0.3) is 5.56 Å². The minimum atomic E-state index is -0.279. The molecule has 0 radical (unpaired) electrons. The molecule has 0 atom stereocenters. The topological polar surface area (TPSA) is 219 Å². The molecule has 0 unspecified atom stereocenters. The van der Waals surface area contributed by atoms with Gasteiger partial charge in [0.1, 0.15) is 16.8 Å². The van der Waals surface area contributed by atoms with E-state index in [1.54, 1.807) is 0 Å². The number of H-pyrrole nitrogens is 1. The van der Waals surface area contributed by atoms with Crippen molar-refractivity contribution in [3.8, 4) is 50.8 Å². The van der Waals surface area contributed by atoms with Gasteiger partial charge >= 0.3 is 0 Å². The zero-order valence-electron chi connectivity index (χ0n) is 59.7. The summed E-state index contributed by atoms with van der Waals surface area (Å²) in [5.74, 6) is 1.84. The number of fused-ring (bicyclic) bond motifs is 3. The van der Waals surface area contributed by atoms with Gasteiger partial charge in [-0.25, -0.2) is 19.1 Å². The molecule has 12 aromatic rings. The Morgan fingerprint density at radius 1 is 0.500 bits per heavy atom. The number of nitrogens with one attached hydrogen (secondary N) is 3. The van der Waals surface area contributed by atoms with Gasteiger partial charge < -0.3 is 25.3 Å². The molecule has 8 heterocycles. The average Bonchev–Trinajstić information content (AvgIpc) is 1.62. The van der Waals surface area contributed by atoms with Crippen LogP contribution in [0, 0.1) is 53.4 Å². The van der Waals surface area contributed by atoms with E-state index in [2.05, 4.69) is 188 Å². The summed E-state index contributed by atoms with van der Waals surface area (Å²) in [5.41, 5.74) is 16.6. The first-order valence-corrected chi connectivity index (χ1v) is 35.4. The number of nitrogens with zero attached hydrogens (tertiary/aromatic N) is 14. The summed E-state index contributed by atoms with van der Waals surface area (Å²) in [6.07, 6.45) is 7.63. The molecule has 0 bridgehead atoms. The van der Waals surface area contributed by atoms with Gasteiger partial charge in [-0.3, -0.25) is 14.4 Å². The van der Waals surface area contributed by atoms with E-state index in [1.807, 2.05) is 121 Å². The second kappa shape index (κ2) is 35.0. The summed E-state index contributed by atoms with van der Waals surface area (Å²) in [4.78, 5) is 43.3. The first kappa shape index (κ1) is 74.6. The quantitative estimate of drug-likeness (QED) is 0.0681. The smallest absolute Gasteiger partial charge is 0.292 e. The number of carbonyl (C=O) groups is 2. The van der Waals surface area contributed by atoms with E-state index in [0.29, 0.717) is 27.9 Å². The Balaban J connectivity index is 0.000000153. The fourth-order valence-corrected chi connectivity index (χ4v) is 13.2. The molecule has 0 aliphatic carbocycles. The highest BCUT2D eigenvalue weighted by Crippen LogP contribution is 2.39. The monoisotopic (exact) mass is 1390 g/mol. The Hall–Kier alpha value is -10.1. The molecular formula is C81H96ClN17O3. The molecule has 3 N–H and O–H groups in total. The van der Waals surface area contributed by atoms with Gasteiger partial charge in [-0.15, -0.1) is 10.2 Å². The fourth-order valence-electron chi connectivity index (χ4n) is 13.0. The average molecular weight is 1390 g/mol. The SMILES string of the molecule is C.CN(C)CCCCC(=O)C1CCNCC1.Cc1ccc(-n2nc3c(=O)[nH]nc(C)c3c2-c2ccccc2)cc1.Cc1ccc(-n2nc3c(Cl)nnc(C)c3c2-c2ccccc2)cc1.Cc1ccc(-n2nc3c(N4CCC(C(=O)NCCCN(C)C)CC4)nnc(C)c3c2-c2ccccc2)cc1. The lowest BCUT2D eigenvalue weighted by atomic mass is 9.91. The number of piperidine rings is 2. The van der Waals surface area contributed by atoms with Crippen molar-refractivity contribution in [1.82, 2.24) is 80.4 Å². The van der Waals surface area contributed by atoms with Crippen molar-refractivity contribution in [3.63, 3.8) is 0 Å². The second-order valence-corrected chi connectivity index (χ2v) is 27.2. The van der Waals surface area contributed by atoms with Gasteiger partial charge in [0.2, 0.25) is 5.91 Å². The van der Waals surface area contributed by atoms with E-state index in [0.717, 1.165) is 193 Å². The summed E-state index contributed by atoms with van der Waals surface area (Å²) in [5, 5.41) is 47.9. The highest BCUT2D eigenvalue weighted by atomic mass is 35.5. The zero-order valence-corrected chi connectivity index (χ0v) is 60.5. The number of aryl methyl sites for hydroxylation is 6. The summed E-state index contributed by atoms with van der Waals surface area (Å²) < 4.78 is 5.76. The Kier molecular flexibility index (Phi) is 25.6. The van der Waals surface area contributed by atoms with Gasteiger partial charge in [-0.1, -0.05) is 163 Å². The van der Waals surface area contributed by atoms with Crippen LogP contribution in [0.15, 0.2) is 169 Å². The van der Waals surface area contributed by atoms with Crippen molar-refractivity contribution in [3.05, 3.63) is 213 Å². The number of aromatic amines is 1. The van der Waals surface area contributed by atoms with Gasteiger partial charge in [0, 0.05) is 54.6 Å². The van der Waals surface area contributed by atoms with Crippen LogP contribution in [-0.4, -0.2) is 155 Å². The third-order valence-electron chi connectivity index (χ3n) is 18.6. The molecule has 102 heavy (non-hydrogen) atoms.